The average molecular weight is 361 g/mol. The first kappa shape index (κ1) is 19.2. The van der Waals surface area contributed by atoms with E-state index in [1.54, 1.807) is 39.0 Å². The SMILES string of the molecule is CC(C)(C)C(=O)OCOC(=O)c1c2cccccc-2n(CC(=O)O)c1=O. The molecule has 0 saturated carbocycles. The number of hydrogen-bond donors (Lipinski definition) is 1. The molecule has 0 radical (unpaired) electrons. The lowest BCUT2D eigenvalue weighted by atomic mass is 9.98. The van der Waals surface area contributed by atoms with Gasteiger partial charge in [-0.25, -0.2) is 4.79 Å². The first-order chi connectivity index (χ1) is 12.1. The maximum Gasteiger partial charge on any atom is 0.347 e. The van der Waals surface area contributed by atoms with Gasteiger partial charge in [0.15, 0.2) is 0 Å². The number of carboxylic acid groups (broad SMARTS) is 1. The van der Waals surface area contributed by atoms with Gasteiger partial charge < -0.3 is 14.6 Å². The number of carbonyl (C=O) groups is 3. The van der Waals surface area contributed by atoms with E-state index in [4.69, 9.17) is 14.6 Å². The van der Waals surface area contributed by atoms with Crippen molar-refractivity contribution in [1.29, 1.82) is 0 Å². The summed E-state index contributed by atoms with van der Waals surface area (Å²) in [6.07, 6.45) is 0. The summed E-state index contributed by atoms with van der Waals surface area (Å²) in [6.45, 7) is 3.70. The van der Waals surface area contributed by atoms with Crippen molar-refractivity contribution >= 4 is 17.9 Å². The zero-order chi connectivity index (χ0) is 19.5. The Bertz CT molecular complexity index is 876. The minimum atomic E-state index is -1.22. The van der Waals surface area contributed by atoms with Crippen molar-refractivity contribution in [1.82, 2.24) is 4.57 Å². The lowest BCUT2D eigenvalue weighted by Gasteiger charge is -2.16. The molecule has 2 rings (SSSR count). The van der Waals surface area contributed by atoms with Gasteiger partial charge in [-0.15, -0.1) is 0 Å². The Hall–Kier alpha value is -3.16. The van der Waals surface area contributed by atoms with Gasteiger partial charge in [0.05, 0.1) is 11.1 Å². The molecule has 0 aromatic carbocycles. The predicted octanol–water partition coefficient (Wildman–Crippen LogP) is 1.74. The number of hydrogen-bond acceptors (Lipinski definition) is 6. The molecule has 0 spiro atoms. The monoisotopic (exact) mass is 361 g/mol. The van der Waals surface area contributed by atoms with E-state index >= 15 is 0 Å². The van der Waals surface area contributed by atoms with Crippen molar-refractivity contribution in [3.05, 3.63) is 46.2 Å². The van der Waals surface area contributed by atoms with Gasteiger partial charge in [0, 0.05) is 5.56 Å². The highest BCUT2D eigenvalue weighted by atomic mass is 16.7. The third-order valence-corrected chi connectivity index (χ3v) is 3.52. The number of carboxylic acids is 1. The van der Waals surface area contributed by atoms with Gasteiger partial charge >= 0.3 is 17.9 Å². The summed E-state index contributed by atoms with van der Waals surface area (Å²) in [5, 5.41) is 9.01. The van der Waals surface area contributed by atoms with Crippen molar-refractivity contribution in [3.63, 3.8) is 0 Å². The minimum Gasteiger partial charge on any atom is -0.480 e. The van der Waals surface area contributed by atoms with E-state index in [0.717, 1.165) is 4.57 Å². The summed E-state index contributed by atoms with van der Waals surface area (Å²) in [5.74, 6) is -2.77. The number of rotatable bonds is 5. The highest BCUT2D eigenvalue weighted by Crippen LogP contribution is 2.24. The second kappa shape index (κ2) is 7.38. The summed E-state index contributed by atoms with van der Waals surface area (Å²) >= 11 is 0. The number of nitrogens with zero attached hydrogens (tertiary/aromatic N) is 1. The smallest absolute Gasteiger partial charge is 0.347 e. The highest BCUT2D eigenvalue weighted by molar-refractivity contribution is 5.97. The Morgan fingerprint density at radius 1 is 1.08 bits per heavy atom. The van der Waals surface area contributed by atoms with Crippen LogP contribution in [0.5, 0.6) is 0 Å². The molecule has 0 aromatic heterocycles. The number of ether oxygens (including phenoxy) is 2. The van der Waals surface area contributed by atoms with Crippen LogP contribution in [0.3, 0.4) is 0 Å². The molecule has 1 aliphatic carbocycles. The number of fused-ring (bicyclic) bond motifs is 1. The molecular weight excluding hydrogens is 342 g/mol. The molecule has 0 aromatic rings. The van der Waals surface area contributed by atoms with Gasteiger partial charge in [-0.2, -0.15) is 0 Å². The molecule has 1 aliphatic heterocycles. The predicted molar refractivity (Wildman–Crippen MR) is 90.8 cm³/mol. The minimum absolute atomic E-state index is 0.258. The Labute approximate surface area is 149 Å². The van der Waals surface area contributed by atoms with Gasteiger partial charge in [-0.05, 0) is 26.8 Å². The fourth-order valence-electron chi connectivity index (χ4n) is 2.26. The largest absolute Gasteiger partial charge is 0.480 e. The van der Waals surface area contributed by atoms with Gasteiger partial charge in [-0.3, -0.25) is 19.0 Å². The molecule has 0 saturated heterocycles. The van der Waals surface area contributed by atoms with E-state index in [1.807, 2.05) is 0 Å². The van der Waals surface area contributed by atoms with Crippen LogP contribution in [-0.2, 0) is 25.6 Å². The van der Waals surface area contributed by atoms with E-state index in [0.29, 0.717) is 5.69 Å². The third kappa shape index (κ3) is 4.08. The molecule has 0 amide bonds. The zero-order valence-electron chi connectivity index (χ0n) is 14.6. The van der Waals surface area contributed by atoms with Crippen molar-refractivity contribution in [2.24, 2.45) is 5.41 Å². The Morgan fingerprint density at radius 2 is 1.73 bits per heavy atom. The van der Waals surface area contributed by atoms with Crippen LogP contribution in [0, 0.1) is 5.41 Å². The normalized spacial score (nSPS) is 11.2. The summed E-state index contributed by atoms with van der Waals surface area (Å²) in [7, 11) is 0. The van der Waals surface area contributed by atoms with Gasteiger partial charge in [0.2, 0.25) is 6.79 Å². The summed E-state index contributed by atoms with van der Waals surface area (Å²) in [4.78, 5) is 47.6. The second-order valence-corrected chi connectivity index (χ2v) is 6.60. The third-order valence-electron chi connectivity index (χ3n) is 3.52. The Balaban J connectivity index is 2.30. The maximum absolute atomic E-state index is 12.5. The fourth-order valence-corrected chi connectivity index (χ4v) is 2.26. The highest BCUT2D eigenvalue weighted by Gasteiger charge is 2.28. The molecular formula is C18H19NO7. The summed E-state index contributed by atoms with van der Waals surface area (Å²) in [6, 6.07) is 7.97. The van der Waals surface area contributed by atoms with Crippen LogP contribution in [-0.4, -0.2) is 34.4 Å². The molecule has 0 atom stereocenters. The first-order valence-corrected chi connectivity index (χ1v) is 7.80. The molecule has 1 N–H and O–H groups in total. The van der Waals surface area contributed by atoms with Crippen LogP contribution in [0.4, 0.5) is 0 Å². The van der Waals surface area contributed by atoms with E-state index < -0.39 is 42.2 Å². The molecule has 8 nitrogen and oxygen atoms in total. The van der Waals surface area contributed by atoms with E-state index in [9.17, 15) is 19.2 Å². The second-order valence-electron chi connectivity index (χ2n) is 6.60. The molecule has 138 valence electrons. The maximum atomic E-state index is 12.5. The molecule has 26 heavy (non-hydrogen) atoms. The van der Waals surface area contributed by atoms with Gasteiger partial charge in [-0.1, -0.05) is 24.3 Å². The van der Waals surface area contributed by atoms with Crippen LogP contribution in [0.2, 0.25) is 0 Å². The van der Waals surface area contributed by atoms with Gasteiger partial charge in [0.25, 0.3) is 5.56 Å². The number of aromatic nitrogens is 1. The van der Waals surface area contributed by atoms with E-state index in [1.165, 1.54) is 12.1 Å². The lowest BCUT2D eigenvalue weighted by molar-refractivity contribution is -0.161. The van der Waals surface area contributed by atoms with Crippen molar-refractivity contribution in [2.45, 2.75) is 27.3 Å². The van der Waals surface area contributed by atoms with E-state index in [-0.39, 0.29) is 11.1 Å². The first-order valence-electron chi connectivity index (χ1n) is 7.80. The van der Waals surface area contributed by atoms with Gasteiger partial charge in [0.1, 0.15) is 12.1 Å². The molecule has 0 fully saturated rings. The number of esters is 2. The van der Waals surface area contributed by atoms with Crippen molar-refractivity contribution < 1.29 is 29.0 Å². The quantitative estimate of drug-likeness (QED) is 0.637. The Morgan fingerprint density at radius 3 is 2.35 bits per heavy atom. The molecule has 1 heterocycles. The van der Waals surface area contributed by atoms with Crippen molar-refractivity contribution in [3.8, 4) is 11.3 Å². The van der Waals surface area contributed by atoms with Crippen LogP contribution in [0.1, 0.15) is 31.1 Å². The van der Waals surface area contributed by atoms with Crippen molar-refractivity contribution in [2.75, 3.05) is 6.79 Å². The van der Waals surface area contributed by atoms with Crippen LogP contribution in [0.15, 0.2) is 35.1 Å². The van der Waals surface area contributed by atoms with Crippen LogP contribution >= 0.6 is 0 Å². The molecule has 8 heteroatoms. The van der Waals surface area contributed by atoms with Crippen LogP contribution < -0.4 is 5.56 Å². The standard InChI is InChI=1S/C18H19NO7/c1-18(2,3)17(24)26-10-25-16(23)14-11-7-5-4-6-8-12(11)19(15(14)22)9-13(20)21/h4-8H,9-10H2,1-3H3,(H,20,21). The Kier molecular flexibility index (Phi) is 5.44. The average Bonchev–Trinajstić information content (AvgIpc) is 2.68. The summed E-state index contributed by atoms with van der Waals surface area (Å²) < 4.78 is 10.7. The fraction of sp³-hybridized carbons (Fsp3) is 0.333. The molecule has 0 unspecified atom stereocenters. The topological polar surface area (TPSA) is 112 Å². The zero-order valence-corrected chi connectivity index (χ0v) is 14.6. The van der Waals surface area contributed by atoms with E-state index in [2.05, 4.69) is 0 Å². The summed E-state index contributed by atoms with van der Waals surface area (Å²) in [5.41, 5.74) is -1.29. The molecule has 2 aliphatic rings. The van der Waals surface area contributed by atoms with Crippen LogP contribution in [0.25, 0.3) is 11.3 Å². The lowest BCUT2D eigenvalue weighted by Crippen LogP contribution is -2.27. The number of aliphatic carboxylic acids is 1. The molecule has 0 bridgehead atoms. The number of carbonyl (C=O) groups excluding carboxylic acids is 2.